The lowest BCUT2D eigenvalue weighted by Crippen LogP contribution is -2.48. The van der Waals surface area contributed by atoms with Crippen molar-refractivity contribution in [3.63, 3.8) is 0 Å². The number of likely N-dealkylation sites (tertiary alicyclic amines) is 1. The van der Waals surface area contributed by atoms with E-state index in [-0.39, 0.29) is 36.1 Å². The largest absolute Gasteiger partial charge is 0.349 e. The lowest BCUT2D eigenvalue weighted by atomic mass is 10.0. The summed E-state index contributed by atoms with van der Waals surface area (Å²) in [6.07, 6.45) is 2.67. The quantitative estimate of drug-likeness (QED) is 0.786. The predicted molar refractivity (Wildman–Crippen MR) is 125 cm³/mol. The van der Waals surface area contributed by atoms with Crippen LogP contribution in [0, 0.1) is 12.8 Å². The van der Waals surface area contributed by atoms with Gasteiger partial charge in [0.25, 0.3) is 5.91 Å². The van der Waals surface area contributed by atoms with E-state index in [2.05, 4.69) is 12.2 Å². The average Bonchev–Trinajstić information content (AvgIpc) is 3.21. The fourth-order valence-electron chi connectivity index (χ4n) is 4.63. The van der Waals surface area contributed by atoms with Crippen LogP contribution >= 0.6 is 0 Å². The van der Waals surface area contributed by atoms with E-state index in [9.17, 15) is 14.4 Å². The second-order valence-corrected chi connectivity index (χ2v) is 8.81. The fourth-order valence-corrected chi connectivity index (χ4v) is 4.63. The summed E-state index contributed by atoms with van der Waals surface area (Å²) in [7, 11) is 0. The number of aryl methyl sites for hydroxylation is 2. The highest BCUT2D eigenvalue weighted by Crippen LogP contribution is 2.27. The minimum atomic E-state index is -0.300. The van der Waals surface area contributed by atoms with Gasteiger partial charge in [-0.3, -0.25) is 14.4 Å². The number of amides is 3. The summed E-state index contributed by atoms with van der Waals surface area (Å²) >= 11 is 0. The summed E-state index contributed by atoms with van der Waals surface area (Å²) in [6, 6.07) is 15.6. The van der Waals surface area contributed by atoms with Crippen LogP contribution in [0.15, 0.2) is 48.5 Å². The Hall–Kier alpha value is -3.15. The zero-order valence-corrected chi connectivity index (χ0v) is 18.8. The third-order valence-corrected chi connectivity index (χ3v) is 6.66. The van der Waals surface area contributed by atoms with Crippen molar-refractivity contribution in [1.29, 1.82) is 0 Å². The Bertz CT molecular complexity index is 994. The summed E-state index contributed by atoms with van der Waals surface area (Å²) in [5, 5.41) is 3.11. The molecule has 4 rings (SSSR count). The van der Waals surface area contributed by atoms with E-state index in [1.807, 2.05) is 60.4 Å². The molecule has 0 aromatic heterocycles. The van der Waals surface area contributed by atoms with Gasteiger partial charge in [-0.15, -0.1) is 0 Å². The van der Waals surface area contributed by atoms with E-state index in [1.165, 1.54) is 5.56 Å². The molecule has 32 heavy (non-hydrogen) atoms. The van der Waals surface area contributed by atoms with Crippen LogP contribution < -0.4 is 10.2 Å². The molecule has 2 fully saturated rings. The first-order valence-electron chi connectivity index (χ1n) is 11.5. The molecule has 1 N–H and O–H groups in total. The molecule has 2 aliphatic rings. The van der Waals surface area contributed by atoms with Crippen LogP contribution in [0.3, 0.4) is 0 Å². The molecule has 2 heterocycles. The first-order valence-corrected chi connectivity index (χ1v) is 11.5. The minimum Gasteiger partial charge on any atom is -0.349 e. The molecule has 0 bridgehead atoms. The third kappa shape index (κ3) is 4.69. The highest BCUT2D eigenvalue weighted by molar-refractivity contribution is 6.00. The monoisotopic (exact) mass is 433 g/mol. The van der Waals surface area contributed by atoms with Gasteiger partial charge in [-0.1, -0.05) is 37.3 Å². The molecule has 6 nitrogen and oxygen atoms in total. The molecule has 2 aromatic carbocycles. The molecule has 0 spiro atoms. The number of carbonyl (C=O) groups excluding carboxylic acids is 3. The Balaban J connectivity index is 1.30. The summed E-state index contributed by atoms with van der Waals surface area (Å²) in [6.45, 7) is 5.68. The number of benzene rings is 2. The molecule has 3 amide bonds. The van der Waals surface area contributed by atoms with Crippen LogP contribution in [0.1, 0.15) is 47.7 Å². The summed E-state index contributed by atoms with van der Waals surface area (Å²) in [4.78, 5) is 41.8. The van der Waals surface area contributed by atoms with Crippen molar-refractivity contribution < 1.29 is 14.4 Å². The van der Waals surface area contributed by atoms with Crippen LogP contribution in [-0.2, 0) is 16.0 Å². The summed E-state index contributed by atoms with van der Waals surface area (Å²) in [5.41, 5.74) is 3.74. The van der Waals surface area contributed by atoms with E-state index >= 15 is 0 Å². The number of piperidine rings is 1. The van der Waals surface area contributed by atoms with E-state index < -0.39 is 0 Å². The molecule has 1 atom stereocenters. The molecule has 1 unspecified atom stereocenters. The summed E-state index contributed by atoms with van der Waals surface area (Å²) < 4.78 is 0. The Kier molecular flexibility index (Phi) is 6.58. The van der Waals surface area contributed by atoms with Gasteiger partial charge < -0.3 is 15.1 Å². The van der Waals surface area contributed by atoms with E-state index in [0.717, 1.165) is 30.5 Å². The molecule has 2 saturated heterocycles. The van der Waals surface area contributed by atoms with E-state index in [0.29, 0.717) is 25.2 Å². The van der Waals surface area contributed by atoms with Crippen molar-refractivity contribution in [2.24, 2.45) is 5.92 Å². The van der Waals surface area contributed by atoms with Crippen molar-refractivity contribution in [3.8, 4) is 0 Å². The Morgan fingerprint density at radius 2 is 1.72 bits per heavy atom. The summed E-state index contributed by atoms with van der Waals surface area (Å²) in [5.74, 6) is -0.298. The Morgan fingerprint density at radius 1 is 1.03 bits per heavy atom. The van der Waals surface area contributed by atoms with Gasteiger partial charge in [-0.05, 0) is 55.5 Å². The normalized spacial score (nSPS) is 19.3. The SMILES string of the molecule is CCc1ccc(N2CC(C(=O)N3CCC(NC(=O)c4ccccc4C)CC3)CC2=O)cc1. The molecule has 0 saturated carbocycles. The van der Waals surface area contributed by atoms with Gasteiger partial charge in [-0.2, -0.15) is 0 Å². The zero-order chi connectivity index (χ0) is 22.7. The number of nitrogens with zero attached hydrogens (tertiary/aromatic N) is 2. The number of rotatable bonds is 5. The maximum Gasteiger partial charge on any atom is 0.251 e. The van der Waals surface area contributed by atoms with Crippen LogP contribution in [0.2, 0.25) is 0 Å². The second kappa shape index (κ2) is 9.55. The standard InChI is InChI=1S/C26H31N3O3/c1-3-19-8-10-22(11-9-19)29-17-20(16-24(29)30)26(32)28-14-12-21(13-15-28)27-25(31)23-7-5-4-6-18(23)2/h4-11,20-21H,3,12-17H2,1-2H3,(H,27,31). The van der Waals surface area contributed by atoms with Crippen LogP contribution in [0.4, 0.5) is 5.69 Å². The molecule has 168 valence electrons. The molecule has 0 aliphatic carbocycles. The number of hydrogen-bond acceptors (Lipinski definition) is 3. The fraction of sp³-hybridized carbons (Fsp3) is 0.423. The van der Waals surface area contributed by atoms with Crippen LogP contribution in [0.5, 0.6) is 0 Å². The lowest BCUT2D eigenvalue weighted by Gasteiger charge is -2.34. The van der Waals surface area contributed by atoms with Gasteiger partial charge in [-0.25, -0.2) is 0 Å². The molecular formula is C26H31N3O3. The topological polar surface area (TPSA) is 69.7 Å². The van der Waals surface area contributed by atoms with E-state index in [1.54, 1.807) is 4.90 Å². The highest BCUT2D eigenvalue weighted by atomic mass is 16.2. The Morgan fingerprint density at radius 3 is 2.38 bits per heavy atom. The van der Waals surface area contributed by atoms with Gasteiger partial charge in [0.15, 0.2) is 0 Å². The Labute approximate surface area is 189 Å². The number of anilines is 1. The van der Waals surface area contributed by atoms with Crippen molar-refractivity contribution in [3.05, 3.63) is 65.2 Å². The van der Waals surface area contributed by atoms with Crippen molar-refractivity contribution in [1.82, 2.24) is 10.2 Å². The number of carbonyl (C=O) groups is 3. The third-order valence-electron chi connectivity index (χ3n) is 6.66. The highest BCUT2D eigenvalue weighted by Gasteiger charge is 2.38. The molecule has 2 aliphatic heterocycles. The van der Waals surface area contributed by atoms with Gasteiger partial charge in [0.1, 0.15) is 0 Å². The molecule has 6 heteroatoms. The molecular weight excluding hydrogens is 402 g/mol. The van der Waals surface area contributed by atoms with Crippen molar-refractivity contribution >= 4 is 23.4 Å². The van der Waals surface area contributed by atoms with Gasteiger partial charge >= 0.3 is 0 Å². The van der Waals surface area contributed by atoms with Gasteiger partial charge in [0.2, 0.25) is 11.8 Å². The molecule has 2 aromatic rings. The molecule has 0 radical (unpaired) electrons. The van der Waals surface area contributed by atoms with Crippen molar-refractivity contribution in [2.45, 2.75) is 45.6 Å². The minimum absolute atomic E-state index is 0.00739. The first kappa shape index (κ1) is 22.1. The lowest BCUT2D eigenvalue weighted by molar-refractivity contribution is -0.136. The van der Waals surface area contributed by atoms with Gasteiger partial charge in [0.05, 0.1) is 5.92 Å². The van der Waals surface area contributed by atoms with Gasteiger partial charge in [0, 0.05) is 43.3 Å². The first-order chi connectivity index (χ1) is 15.5. The van der Waals surface area contributed by atoms with Crippen molar-refractivity contribution in [2.75, 3.05) is 24.5 Å². The zero-order valence-electron chi connectivity index (χ0n) is 18.8. The van der Waals surface area contributed by atoms with Crippen LogP contribution in [0.25, 0.3) is 0 Å². The average molecular weight is 434 g/mol. The van der Waals surface area contributed by atoms with E-state index in [4.69, 9.17) is 0 Å². The maximum absolute atomic E-state index is 13.1. The predicted octanol–water partition coefficient (Wildman–Crippen LogP) is 3.33. The number of nitrogens with one attached hydrogen (secondary N) is 1. The van der Waals surface area contributed by atoms with Crippen LogP contribution in [-0.4, -0.2) is 48.3 Å². The second-order valence-electron chi connectivity index (χ2n) is 8.81. The number of hydrogen-bond donors (Lipinski definition) is 1. The maximum atomic E-state index is 13.1. The smallest absolute Gasteiger partial charge is 0.251 e.